The van der Waals surface area contributed by atoms with Crippen LogP contribution < -0.4 is 23.8 Å². The van der Waals surface area contributed by atoms with Gasteiger partial charge < -0.3 is 14.8 Å². The van der Waals surface area contributed by atoms with Gasteiger partial charge in [0.1, 0.15) is 6.54 Å². The molecule has 16 heteroatoms. The van der Waals surface area contributed by atoms with Crippen LogP contribution in [0.3, 0.4) is 0 Å². The Morgan fingerprint density at radius 3 is 1.98 bits per heavy atom. The van der Waals surface area contributed by atoms with Gasteiger partial charge in [0.25, 0.3) is 20.0 Å². The van der Waals surface area contributed by atoms with Crippen molar-refractivity contribution in [2.24, 2.45) is 0 Å². The van der Waals surface area contributed by atoms with Gasteiger partial charge in [-0.25, -0.2) is 16.8 Å². The molecule has 0 aromatic heterocycles. The molecule has 0 saturated heterocycles. The first-order valence-electron chi connectivity index (χ1n) is 13.2. The topological polar surface area (TPSA) is 131 Å². The van der Waals surface area contributed by atoms with E-state index < -0.39 is 49.3 Å². The minimum absolute atomic E-state index is 0.0641. The highest BCUT2D eigenvalue weighted by Crippen LogP contribution is 2.37. The van der Waals surface area contributed by atoms with Gasteiger partial charge in [-0.3, -0.25) is 13.8 Å². The zero-order chi connectivity index (χ0) is 33.9. The molecule has 0 aliphatic rings. The average molecular weight is 698 g/mol. The molecule has 2 N–H and O–H groups in total. The molecule has 0 aliphatic carbocycles. The van der Waals surface area contributed by atoms with E-state index in [2.05, 4.69) is 10.0 Å². The molecule has 4 aromatic rings. The Balaban J connectivity index is 1.56. The molecule has 0 aliphatic heterocycles. The number of nitrogens with one attached hydrogen (secondary N) is 2. The lowest BCUT2D eigenvalue weighted by atomic mass is 10.2. The summed E-state index contributed by atoms with van der Waals surface area (Å²) in [6, 6.07) is 17.7. The van der Waals surface area contributed by atoms with Crippen molar-refractivity contribution < 1.29 is 44.3 Å². The van der Waals surface area contributed by atoms with Gasteiger partial charge in [0.2, 0.25) is 5.91 Å². The summed E-state index contributed by atoms with van der Waals surface area (Å²) < 4.78 is 106. The van der Waals surface area contributed by atoms with Crippen molar-refractivity contribution in [3.8, 4) is 11.5 Å². The number of nitrogens with zero attached hydrogens (tertiary/aromatic N) is 1. The number of aryl methyl sites for hydroxylation is 1. The Labute approximate surface area is 268 Å². The van der Waals surface area contributed by atoms with Gasteiger partial charge in [-0.1, -0.05) is 29.3 Å². The lowest BCUT2D eigenvalue weighted by Gasteiger charge is -2.25. The smallest absolute Gasteiger partial charge is 0.417 e. The summed E-state index contributed by atoms with van der Waals surface area (Å²) in [5, 5.41) is 1.94. The van der Waals surface area contributed by atoms with Crippen LogP contribution in [0, 0.1) is 6.92 Å². The maximum Gasteiger partial charge on any atom is 0.417 e. The summed E-state index contributed by atoms with van der Waals surface area (Å²) in [7, 11) is -5.81. The first-order valence-corrected chi connectivity index (χ1v) is 16.5. The standard InChI is InChI=1S/C30H27ClF3N3O7S2/c1-19-4-10-24(11-5-19)46(41,42)37(22-9-15-27(43-2)28(17-22)44-3)18-29(38)35-20-6-12-23(13-7-20)45(39,40)36-21-8-14-26(31)25(16-21)30(32,33)34/h4-17,36H,18H2,1-3H3,(H,35,38). The summed E-state index contributed by atoms with van der Waals surface area (Å²) in [4.78, 5) is 12.8. The van der Waals surface area contributed by atoms with E-state index in [9.17, 15) is 34.8 Å². The van der Waals surface area contributed by atoms with Crippen LogP contribution in [0.2, 0.25) is 5.02 Å². The van der Waals surface area contributed by atoms with Crippen LogP contribution in [0.15, 0.2) is 94.7 Å². The summed E-state index contributed by atoms with van der Waals surface area (Å²) in [5.74, 6) is -0.201. The number of hydrogen-bond acceptors (Lipinski definition) is 7. The number of anilines is 3. The van der Waals surface area contributed by atoms with Gasteiger partial charge in [0.15, 0.2) is 11.5 Å². The first-order chi connectivity index (χ1) is 21.5. The Kier molecular flexibility index (Phi) is 10.1. The van der Waals surface area contributed by atoms with Crippen molar-refractivity contribution in [2.75, 3.05) is 35.1 Å². The number of carbonyl (C=O) groups excluding carboxylic acids is 1. The summed E-state index contributed by atoms with van der Waals surface area (Å²) >= 11 is 5.60. The van der Waals surface area contributed by atoms with Crippen LogP contribution in [-0.4, -0.2) is 43.5 Å². The van der Waals surface area contributed by atoms with Crippen LogP contribution in [0.25, 0.3) is 0 Å². The molecule has 1 amide bonds. The van der Waals surface area contributed by atoms with Gasteiger partial charge in [0.05, 0.1) is 40.3 Å². The van der Waals surface area contributed by atoms with Crippen LogP contribution in [-0.2, 0) is 31.0 Å². The molecule has 0 atom stereocenters. The van der Waals surface area contributed by atoms with E-state index in [0.29, 0.717) is 11.8 Å². The number of amides is 1. The van der Waals surface area contributed by atoms with E-state index >= 15 is 0 Å². The zero-order valence-electron chi connectivity index (χ0n) is 24.4. The van der Waals surface area contributed by atoms with E-state index in [-0.39, 0.29) is 32.6 Å². The van der Waals surface area contributed by atoms with Crippen molar-refractivity contribution in [1.82, 2.24) is 0 Å². The first kappa shape index (κ1) is 34.4. The van der Waals surface area contributed by atoms with Crippen molar-refractivity contribution in [2.45, 2.75) is 22.9 Å². The third-order valence-electron chi connectivity index (χ3n) is 6.52. The third-order valence-corrected chi connectivity index (χ3v) is 10.0. The Morgan fingerprint density at radius 2 is 1.39 bits per heavy atom. The average Bonchev–Trinajstić information content (AvgIpc) is 3.00. The highest BCUT2D eigenvalue weighted by Gasteiger charge is 2.34. The molecule has 0 fully saturated rings. The van der Waals surface area contributed by atoms with Crippen LogP contribution in [0.4, 0.5) is 30.2 Å². The third kappa shape index (κ3) is 7.84. The molecule has 0 bridgehead atoms. The molecular weight excluding hydrogens is 671 g/mol. The van der Waals surface area contributed by atoms with E-state index in [1.807, 2.05) is 0 Å². The van der Waals surface area contributed by atoms with E-state index in [4.69, 9.17) is 21.1 Å². The second-order valence-corrected chi connectivity index (χ2v) is 13.7. The number of sulfonamides is 2. The quantitative estimate of drug-likeness (QED) is 0.188. The number of halogens is 4. The number of rotatable bonds is 11. The molecule has 0 radical (unpaired) electrons. The highest BCUT2D eigenvalue weighted by molar-refractivity contribution is 7.93. The lowest BCUT2D eigenvalue weighted by Crippen LogP contribution is -2.38. The molecule has 0 spiro atoms. The number of ether oxygens (including phenoxy) is 2. The molecule has 4 aromatic carbocycles. The number of alkyl halides is 3. The Hall–Kier alpha value is -4.47. The number of carbonyl (C=O) groups is 1. The van der Waals surface area contributed by atoms with Crippen molar-refractivity contribution in [3.05, 3.63) is 101 Å². The maximum absolute atomic E-state index is 13.7. The van der Waals surface area contributed by atoms with Gasteiger partial charge in [0, 0.05) is 17.4 Å². The van der Waals surface area contributed by atoms with Crippen molar-refractivity contribution in [1.29, 1.82) is 0 Å². The van der Waals surface area contributed by atoms with Gasteiger partial charge in [-0.15, -0.1) is 0 Å². The molecule has 0 heterocycles. The normalized spacial score (nSPS) is 11.9. The molecule has 0 saturated carbocycles. The fraction of sp³-hybridized carbons (Fsp3) is 0.167. The minimum atomic E-state index is -4.80. The van der Waals surface area contributed by atoms with E-state index in [1.165, 1.54) is 56.7 Å². The monoisotopic (exact) mass is 697 g/mol. The fourth-order valence-electron chi connectivity index (χ4n) is 4.20. The molecule has 4 rings (SSSR count). The van der Waals surface area contributed by atoms with Crippen molar-refractivity contribution >= 4 is 54.6 Å². The summed E-state index contributed by atoms with van der Waals surface area (Å²) in [5.41, 5.74) is -0.515. The molecule has 244 valence electrons. The van der Waals surface area contributed by atoms with Crippen LogP contribution in [0.5, 0.6) is 11.5 Å². The van der Waals surface area contributed by atoms with Crippen LogP contribution in [0.1, 0.15) is 11.1 Å². The highest BCUT2D eigenvalue weighted by atomic mass is 35.5. The van der Waals surface area contributed by atoms with Crippen LogP contribution >= 0.6 is 11.6 Å². The Morgan fingerprint density at radius 1 is 0.804 bits per heavy atom. The minimum Gasteiger partial charge on any atom is -0.493 e. The SMILES string of the molecule is COc1ccc(N(CC(=O)Nc2ccc(S(=O)(=O)Nc3ccc(Cl)c(C(F)(F)F)c3)cc2)S(=O)(=O)c2ccc(C)cc2)cc1OC. The number of hydrogen-bond donors (Lipinski definition) is 2. The van der Waals surface area contributed by atoms with Gasteiger partial charge >= 0.3 is 6.18 Å². The molecule has 46 heavy (non-hydrogen) atoms. The fourth-order valence-corrected chi connectivity index (χ4v) is 6.89. The molecule has 10 nitrogen and oxygen atoms in total. The molecule has 0 unspecified atom stereocenters. The molecular formula is C30H27ClF3N3O7S2. The van der Waals surface area contributed by atoms with E-state index in [1.54, 1.807) is 19.1 Å². The predicted molar refractivity (Wildman–Crippen MR) is 168 cm³/mol. The number of methoxy groups -OCH3 is 2. The second-order valence-electron chi connectivity index (χ2n) is 9.73. The predicted octanol–water partition coefficient (Wildman–Crippen LogP) is 6.32. The lowest BCUT2D eigenvalue weighted by molar-refractivity contribution is -0.137. The van der Waals surface area contributed by atoms with E-state index in [0.717, 1.165) is 34.1 Å². The second kappa shape index (κ2) is 13.5. The van der Waals surface area contributed by atoms with Gasteiger partial charge in [-0.2, -0.15) is 13.2 Å². The Bertz CT molecular complexity index is 1960. The van der Waals surface area contributed by atoms with Gasteiger partial charge in [-0.05, 0) is 73.7 Å². The summed E-state index contributed by atoms with van der Waals surface area (Å²) in [6.45, 7) is 1.12. The largest absolute Gasteiger partial charge is 0.493 e. The summed E-state index contributed by atoms with van der Waals surface area (Å²) in [6.07, 6.45) is -4.80. The maximum atomic E-state index is 13.7. The zero-order valence-corrected chi connectivity index (χ0v) is 26.8. The van der Waals surface area contributed by atoms with Crippen molar-refractivity contribution in [3.63, 3.8) is 0 Å². The number of benzene rings is 4.